The molecule has 15 heteroatoms. The maximum Gasteiger partial charge on any atom is 0.459 e. The smallest absolute Gasteiger partial charge is 0.459 e. The number of aliphatic hydroxyl groups excluding tert-OH is 1. The van der Waals surface area contributed by atoms with E-state index in [2.05, 4.69) is 26.0 Å². The van der Waals surface area contributed by atoms with Crippen molar-refractivity contribution in [3.63, 3.8) is 0 Å². The summed E-state index contributed by atoms with van der Waals surface area (Å²) < 4.78 is 46.6. The Hall–Kier alpha value is -4.38. The van der Waals surface area contributed by atoms with Crippen molar-refractivity contribution in [3.05, 3.63) is 78.6 Å². The van der Waals surface area contributed by atoms with Crippen molar-refractivity contribution >= 4 is 30.7 Å². The number of nitrogen functional groups attached to an aromatic ring is 1. The van der Waals surface area contributed by atoms with Gasteiger partial charge in [-0.15, -0.1) is 6.42 Å². The Bertz CT molecular complexity index is 1670. The molecule has 5 rings (SSSR count). The molecule has 13 nitrogen and oxygen atoms in total. The summed E-state index contributed by atoms with van der Waals surface area (Å²) in [7, 11) is -4.48. The summed E-state index contributed by atoms with van der Waals surface area (Å²) >= 11 is 0. The van der Waals surface area contributed by atoms with Crippen molar-refractivity contribution < 1.29 is 37.7 Å². The molecule has 5 atom stereocenters. The SMILES string of the molecule is C#C[C@]1(COP(=O)(NC(Cc2ccccc2)C(=O)O)Oc2ccccc2)O[C@@H](n2cnc3c(N)nc(F)nc32)C[C@@H]1O. The van der Waals surface area contributed by atoms with E-state index in [9.17, 15) is 24.0 Å². The number of terminal acetylenes is 1. The minimum atomic E-state index is -4.48. The number of carboxylic acids is 1. The quantitative estimate of drug-likeness (QED) is 0.113. The number of aromatic nitrogens is 4. The van der Waals surface area contributed by atoms with Gasteiger partial charge in [-0.1, -0.05) is 54.5 Å². The number of ether oxygens (including phenoxy) is 1. The number of fused-ring (bicyclic) bond motifs is 1. The van der Waals surface area contributed by atoms with Crippen LogP contribution in [0.15, 0.2) is 67.0 Å². The number of benzene rings is 2. The van der Waals surface area contributed by atoms with Crippen LogP contribution in [0.25, 0.3) is 11.2 Å². The van der Waals surface area contributed by atoms with Crippen LogP contribution in [0.2, 0.25) is 0 Å². The van der Waals surface area contributed by atoms with Crippen LogP contribution in [-0.2, 0) is 25.0 Å². The zero-order valence-electron chi connectivity index (χ0n) is 21.9. The predicted molar refractivity (Wildman–Crippen MR) is 147 cm³/mol. The molecule has 0 radical (unpaired) electrons. The number of rotatable bonds is 11. The van der Waals surface area contributed by atoms with E-state index in [1.807, 2.05) is 0 Å². The van der Waals surface area contributed by atoms with Crippen molar-refractivity contribution in [2.75, 3.05) is 12.3 Å². The molecule has 1 fully saturated rings. The molecule has 2 aromatic carbocycles. The van der Waals surface area contributed by atoms with E-state index in [0.717, 1.165) is 0 Å². The molecule has 218 valence electrons. The van der Waals surface area contributed by atoms with E-state index in [-0.39, 0.29) is 35.6 Å². The lowest BCUT2D eigenvalue weighted by atomic mass is 9.99. The molecule has 0 amide bonds. The van der Waals surface area contributed by atoms with Gasteiger partial charge in [0.05, 0.1) is 6.33 Å². The Morgan fingerprint density at radius 3 is 2.62 bits per heavy atom. The van der Waals surface area contributed by atoms with E-state index >= 15 is 0 Å². The maximum absolute atomic E-state index is 14.1. The number of aliphatic hydroxyl groups is 1. The van der Waals surface area contributed by atoms with Gasteiger partial charge in [-0.3, -0.25) is 13.9 Å². The zero-order chi connectivity index (χ0) is 29.9. The minimum absolute atomic E-state index is 0.0101. The van der Waals surface area contributed by atoms with Gasteiger partial charge >= 0.3 is 19.8 Å². The first kappa shape index (κ1) is 29.1. The molecule has 1 aliphatic rings. The van der Waals surface area contributed by atoms with E-state index in [4.69, 9.17) is 25.9 Å². The summed E-state index contributed by atoms with van der Waals surface area (Å²) in [5.41, 5.74) is 4.66. The molecule has 1 saturated heterocycles. The Kier molecular flexibility index (Phi) is 8.22. The van der Waals surface area contributed by atoms with Crippen LogP contribution in [0.3, 0.4) is 0 Å². The highest BCUT2D eigenvalue weighted by Gasteiger charge is 2.50. The third-order valence-electron chi connectivity index (χ3n) is 6.60. The Morgan fingerprint density at radius 1 is 1.26 bits per heavy atom. The molecule has 1 aliphatic heterocycles. The van der Waals surface area contributed by atoms with Gasteiger partial charge in [0.1, 0.15) is 30.7 Å². The average Bonchev–Trinajstić information content (AvgIpc) is 3.54. The van der Waals surface area contributed by atoms with E-state index < -0.39 is 50.4 Å². The second-order valence-corrected chi connectivity index (χ2v) is 11.1. The first-order chi connectivity index (χ1) is 20.1. The Labute approximate surface area is 239 Å². The highest BCUT2D eigenvalue weighted by Crippen LogP contribution is 2.48. The summed E-state index contributed by atoms with van der Waals surface area (Å²) in [4.78, 5) is 23.4. The minimum Gasteiger partial charge on any atom is -0.480 e. The van der Waals surface area contributed by atoms with E-state index in [1.165, 1.54) is 23.0 Å². The lowest BCUT2D eigenvalue weighted by molar-refractivity contribution is -0.139. The van der Waals surface area contributed by atoms with Crippen molar-refractivity contribution in [1.29, 1.82) is 0 Å². The standard InChI is InChI=1S/C27H26FN6O7P/c1-2-27(20(35)14-21(40-27)34-16-30-22-23(29)31-26(28)32-24(22)34)15-39-42(38,41-18-11-7-4-8-12-18)33-19(25(36)37)13-17-9-5-3-6-10-17/h1,3-12,16,19-21,35H,13-15H2,(H,33,38)(H,36,37)(H2,29,31,32)/t19?,20-,21+,27+,42?/m0/s1. The molecule has 0 bridgehead atoms. The van der Waals surface area contributed by atoms with Gasteiger partial charge in [0, 0.05) is 6.42 Å². The fourth-order valence-electron chi connectivity index (χ4n) is 4.46. The molecular weight excluding hydrogens is 570 g/mol. The average molecular weight is 597 g/mol. The van der Waals surface area contributed by atoms with Crippen LogP contribution < -0.4 is 15.3 Å². The zero-order valence-corrected chi connectivity index (χ0v) is 22.8. The van der Waals surface area contributed by atoms with Gasteiger partial charge in [-0.05, 0) is 24.1 Å². The molecule has 5 N–H and O–H groups in total. The first-order valence-electron chi connectivity index (χ1n) is 12.6. The van der Waals surface area contributed by atoms with Crippen molar-refractivity contribution in [1.82, 2.24) is 24.6 Å². The van der Waals surface area contributed by atoms with Crippen molar-refractivity contribution in [3.8, 4) is 18.1 Å². The van der Waals surface area contributed by atoms with Gasteiger partial charge in [-0.25, -0.2) is 9.55 Å². The monoisotopic (exact) mass is 596 g/mol. The lowest BCUT2D eigenvalue weighted by Crippen LogP contribution is -2.44. The number of nitrogens with two attached hydrogens (primary N) is 1. The van der Waals surface area contributed by atoms with Gasteiger partial charge in [0.25, 0.3) is 0 Å². The summed E-state index contributed by atoms with van der Waals surface area (Å²) in [5.74, 6) is 0.998. The third-order valence-corrected chi connectivity index (χ3v) is 8.15. The molecule has 42 heavy (non-hydrogen) atoms. The van der Waals surface area contributed by atoms with E-state index in [1.54, 1.807) is 48.5 Å². The van der Waals surface area contributed by atoms with Crippen molar-refractivity contribution in [2.24, 2.45) is 0 Å². The fraction of sp³-hybridized carbons (Fsp3) is 0.259. The van der Waals surface area contributed by atoms with Gasteiger partial charge < -0.3 is 25.2 Å². The highest BCUT2D eigenvalue weighted by atomic mass is 31.2. The molecule has 3 heterocycles. The molecule has 2 unspecified atom stereocenters. The van der Waals surface area contributed by atoms with Gasteiger partial charge in [0.2, 0.25) is 0 Å². The molecule has 2 aromatic heterocycles. The van der Waals surface area contributed by atoms with Crippen LogP contribution in [0, 0.1) is 18.4 Å². The number of hydrogen-bond donors (Lipinski definition) is 4. The van der Waals surface area contributed by atoms with Crippen LogP contribution >= 0.6 is 7.75 Å². The molecular formula is C27H26FN6O7P. The normalized spacial score (nSPS) is 22.3. The topological polar surface area (TPSA) is 184 Å². The number of halogens is 1. The highest BCUT2D eigenvalue weighted by molar-refractivity contribution is 7.52. The molecule has 0 aliphatic carbocycles. The van der Waals surface area contributed by atoms with E-state index in [0.29, 0.717) is 5.56 Å². The second-order valence-electron chi connectivity index (χ2n) is 9.44. The van der Waals surface area contributed by atoms with Crippen LogP contribution in [0.4, 0.5) is 10.2 Å². The number of carbonyl (C=O) groups is 1. The summed E-state index contributed by atoms with van der Waals surface area (Å²) in [6, 6.07) is 15.3. The first-order valence-corrected chi connectivity index (χ1v) is 14.2. The van der Waals surface area contributed by atoms with Crippen LogP contribution in [-0.4, -0.2) is 60.1 Å². The number of nitrogens with zero attached hydrogens (tertiary/aromatic N) is 4. The van der Waals surface area contributed by atoms with Crippen molar-refractivity contribution in [2.45, 2.75) is 36.8 Å². The van der Waals surface area contributed by atoms with Gasteiger partial charge in [0.15, 0.2) is 22.6 Å². The number of hydrogen-bond acceptors (Lipinski definition) is 10. The molecule has 0 saturated carbocycles. The predicted octanol–water partition coefficient (Wildman–Crippen LogP) is 2.69. The number of carboxylic acid groups (broad SMARTS) is 1. The summed E-state index contributed by atoms with van der Waals surface area (Å²) in [6.45, 7) is -0.673. The van der Waals surface area contributed by atoms with Crippen LogP contribution in [0.1, 0.15) is 18.2 Å². The number of aliphatic carboxylic acids is 1. The number of anilines is 1. The van der Waals surface area contributed by atoms with Crippen LogP contribution in [0.5, 0.6) is 5.75 Å². The molecule has 4 aromatic rings. The fourth-order valence-corrected chi connectivity index (χ4v) is 5.99. The number of nitrogens with one attached hydrogen (secondary N) is 1. The maximum atomic E-state index is 14.1. The second kappa shape index (κ2) is 11.8. The number of para-hydroxylation sites is 1. The Morgan fingerprint density at radius 2 is 1.95 bits per heavy atom. The number of imidazole rings is 1. The Balaban J connectivity index is 1.40. The lowest BCUT2D eigenvalue weighted by Gasteiger charge is -2.30. The molecule has 0 spiro atoms. The largest absolute Gasteiger partial charge is 0.480 e. The van der Waals surface area contributed by atoms with Gasteiger partial charge in [-0.2, -0.15) is 19.4 Å². The summed E-state index contributed by atoms with van der Waals surface area (Å²) in [6.07, 6.45) is 3.48. The third kappa shape index (κ3) is 6.11. The summed E-state index contributed by atoms with van der Waals surface area (Å²) in [5, 5.41) is 23.4.